The highest BCUT2D eigenvalue weighted by atomic mass is 35.5. The van der Waals surface area contributed by atoms with Crippen molar-refractivity contribution < 1.29 is 13.9 Å². The molecule has 0 atom stereocenters. The van der Waals surface area contributed by atoms with Crippen LogP contribution >= 0.6 is 11.6 Å². The molecule has 0 unspecified atom stereocenters. The third-order valence-electron chi connectivity index (χ3n) is 3.32. The Hall–Kier alpha value is -2.07. The van der Waals surface area contributed by atoms with Gasteiger partial charge in [0.1, 0.15) is 5.82 Å². The van der Waals surface area contributed by atoms with Crippen molar-refractivity contribution in [1.29, 1.82) is 0 Å². The van der Waals surface area contributed by atoms with Gasteiger partial charge in [-0.2, -0.15) is 0 Å². The van der Waals surface area contributed by atoms with Crippen LogP contribution in [-0.2, 0) is 11.2 Å². The molecule has 0 fully saturated rings. The zero-order chi connectivity index (χ0) is 15.6. The predicted molar refractivity (Wildman–Crippen MR) is 82.0 cm³/mol. The van der Waals surface area contributed by atoms with Crippen molar-refractivity contribution >= 4 is 23.3 Å². The minimum absolute atomic E-state index is 0.241. The number of hydrogen-bond donors (Lipinski definition) is 1. The fourth-order valence-electron chi connectivity index (χ4n) is 2.29. The molecule has 0 radical (unpaired) electrons. The molecule has 0 spiro atoms. The molecule has 0 aliphatic carbocycles. The summed E-state index contributed by atoms with van der Waals surface area (Å²) in [5, 5.41) is 0.382. The summed E-state index contributed by atoms with van der Waals surface area (Å²) in [6.07, 6.45) is 0.586. The van der Waals surface area contributed by atoms with Crippen LogP contribution in [0.2, 0.25) is 5.02 Å². The van der Waals surface area contributed by atoms with Crippen LogP contribution in [0.15, 0.2) is 30.3 Å². The lowest BCUT2D eigenvalue weighted by molar-refractivity contribution is 0.0602. The van der Waals surface area contributed by atoms with Crippen LogP contribution in [-0.4, -0.2) is 13.1 Å². The van der Waals surface area contributed by atoms with E-state index in [0.717, 1.165) is 11.1 Å². The Bertz CT molecular complexity index is 684. The molecule has 0 aliphatic rings. The molecule has 0 heterocycles. The minimum atomic E-state index is -0.533. The van der Waals surface area contributed by atoms with Crippen LogP contribution < -0.4 is 5.73 Å². The number of halogens is 2. The number of anilines is 1. The van der Waals surface area contributed by atoms with E-state index in [1.807, 2.05) is 6.92 Å². The number of esters is 1. The quantitative estimate of drug-likeness (QED) is 0.686. The van der Waals surface area contributed by atoms with Gasteiger partial charge in [0.25, 0.3) is 0 Å². The second kappa shape index (κ2) is 6.14. The first kappa shape index (κ1) is 15.3. The molecule has 2 aromatic carbocycles. The Labute approximate surface area is 127 Å². The number of carbonyl (C=O) groups is 1. The second-order valence-corrected chi connectivity index (χ2v) is 4.93. The van der Waals surface area contributed by atoms with Crippen LogP contribution in [0.25, 0.3) is 11.1 Å². The summed E-state index contributed by atoms with van der Waals surface area (Å²) >= 11 is 6.30. The maximum atomic E-state index is 13.1. The van der Waals surface area contributed by atoms with E-state index in [4.69, 9.17) is 22.1 Å². The Balaban J connectivity index is 2.70. The van der Waals surface area contributed by atoms with Gasteiger partial charge in [-0.3, -0.25) is 0 Å². The number of ether oxygens (including phenoxy) is 1. The van der Waals surface area contributed by atoms with Crippen molar-refractivity contribution in [3.05, 3.63) is 52.3 Å². The van der Waals surface area contributed by atoms with Crippen LogP contribution in [0.5, 0.6) is 0 Å². The van der Waals surface area contributed by atoms with Gasteiger partial charge in [0, 0.05) is 10.6 Å². The molecule has 2 N–H and O–H groups in total. The molecule has 2 aromatic rings. The van der Waals surface area contributed by atoms with Gasteiger partial charge in [0.05, 0.1) is 18.4 Å². The Morgan fingerprint density at radius 2 is 1.95 bits per heavy atom. The summed E-state index contributed by atoms with van der Waals surface area (Å²) in [6, 6.07) is 7.46. The fourth-order valence-corrected chi connectivity index (χ4v) is 2.63. The summed E-state index contributed by atoms with van der Waals surface area (Å²) in [6.45, 7) is 1.91. The Morgan fingerprint density at radius 3 is 2.48 bits per heavy atom. The zero-order valence-electron chi connectivity index (χ0n) is 11.7. The first-order chi connectivity index (χ1) is 9.99. The normalized spacial score (nSPS) is 10.5. The van der Waals surface area contributed by atoms with E-state index >= 15 is 0 Å². The third-order valence-corrected chi connectivity index (χ3v) is 3.62. The van der Waals surface area contributed by atoms with Gasteiger partial charge in [-0.15, -0.1) is 0 Å². The first-order valence-electron chi connectivity index (χ1n) is 6.44. The van der Waals surface area contributed by atoms with Gasteiger partial charge in [0.2, 0.25) is 0 Å². The van der Waals surface area contributed by atoms with Gasteiger partial charge in [-0.05, 0) is 35.7 Å². The minimum Gasteiger partial charge on any atom is -0.465 e. The largest absolute Gasteiger partial charge is 0.465 e. The lowest BCUT2D eigenvalue weighted by Gasteiger charge is -2.16. The lowest BCUT2D eigenvalue weighted by Crippen LogP contribution is -2.09. The van der Waals surface area contributed by atoms with E-state index in [9.17, 15) is 9.18 Å². The molecule has 110 valence electrons. The molecule has 0 amide bonds. The van der Waals surface area contributed by atoms with E-state index in [1.54, 1.807) is 12.1 Å². The Morgan fingerprint density at radius 1 is 1.33 bits per heavy atom. The van der Waals surface area contributed by atoms with Crippen molar-refractivity contribution in [2.24, 2.45) is 0 Å². The summed E-state index contributed by atoms with van der Waals surface area (Å²) in [4.78, 5) is 11.7. The molecular formula is C16H15ClFNO2. The zero-order valence-corrected chi connectivity index (χ0v) is 12.5. The van der Waals surface area contributed by atoms with Crippen LogP contribution in [0.1, 0.15) is 22.8 Å². The van der Waals surface area contributed by atoms with Gasteiger partial charge >= 0.3 is 5.97 Å². The van der Waals surface area contributed by atoms with Crippen molar-refractivity contribution in [2.75, 3.05) is 12.8 Å². The molecular weight excluding hydrogens is 293 g/mol. The lowest BCUT2D eigenvalue weighted by atomic mass is 9.93. The van der Waals surface area contributed by atoms with Gasteiger partial charge in [-0.1, -0.05) is 30.7 Å². The van der Waals surface area contributed by atoms with Crippen LogP contribution in [0.4, 0.5) is 10.1 Å². The van der Waals surface area contributed by atoms with Crippen molar-refractivity contribution in [3.8, 4) is 11.1 Å². The smallest absolute Gasteiger partial charge is 0.340 e. The summed E-state index contributed by atoms with van der Waals surface area (Å²) in [7, 11) is 1.29. The topological polar surface area (TPSA) is 52.3 Å². The number of nitrogen functional groups attached to an aromatic ring is 1. The summed E-state index contributed by atoms with van der Waals surface area (Å²) in [5.41, 5.74) is 8.86. The monoisotopic (exact) mass is 307 g/mol. The van der Waals surface area contributed by atoms with Gasteiger partial charge in [0.15, 0.2) is 0 Å². The van der Waals surface area contributed by atoms with Crippen LogP contribution in [0.3, 0.4) is 0 Å². The molecule has 0 saturated carbocycles. The number of methoxy groups -OCH3 is 1. The van der Waals surface area contributed by atoms with E-state index in [0.29, 0.717) is 22.7 Å². The molecule has 0 aliphatic heterocycles. The second-order valence-electron chi connectivity index (χ2n) is 4.53. The molecule has 5 heteroatoms. The molecule has 21 heavy (non-hydrogen) atoms. The van der Waals surface area contributed by atoms with Crippen molar-refractivity contribution in [1.82, 2.24) is 0 Å². The first-order valence-corrected chi connectivity index (χ1v) is 6.82. The highest BCUT2D eigenvalue weighted by Crippen LogP contribution is 2.37. The van der Waals surface area contributed by atoms with E-state index in [2.05, 4.69) is 0 Å². The molecule has 0 saturated heterocycles. The van der Waals surface area contributed by atoms with E-state index in [1.165, 1.54) is 25.3 Å². The fraction of sp³-hybridized carbons (Fsp3) is 0.188. The summed E-state index contributed by atoms with van der Waals surface area (Å²) in [5.74, 6) is -0.859. The number of hydrogen-bond acceptors (Lipinski definition) is 3. The number of carbonyl (C=O) groups excluding carboxylic acids is 1. The highest BCUT2D eigenvalue weighted by molar-refractivity contribution is 6.34. The maximum Gasteiger partial charge on any atom is 0.340 e. The number of rotatable bonds is 3. The maximum absolute atomic E-state index is 13.1. The van der Waals surface area contributed by atoms with Crippen molar-refractivity contribution in [2.45, 2.75) is 13.3 Å². The molecule has 2 rings (SSSR count). The molecule has 0 bridgehead atoms. The van der Waals surface area contributed by atoms with Gasteiger partial charge in [-0.25, -0.2) is 9.18 Å². The SMILES string of the molecule is CCc1c(N)c(C(=O)OC)cc(Cl)c1-c1ccc(F)cc1. The van der Waals surface area contributed by atoms with E-state index in [-0.39, 0.29) is 11.4 Å². The van der Waals surface area contributed by atoms with Crippen LogP contribution in [0, 0.1) is 5.82 Å². The summed E-state index contributed by atoms with van der Waals surface area (Å²) < 4.78 is 17.8. The van der Waals surface area contributed by atoms with Crippen molar-refractivity contribution in [3.63, 3.8) is 0 Å². The highest BCUT2D eigenvalue weighted by Gasteiger charge is 2.20. The Kier molecular flexibility index (Phi) is 4.48. The number of benzene rings is 2. The third kappa shape index (κ3) is 2.85. The van der Waals surface area contributed by atoms with Gasteiger partial charge < -0.3 is 10.5 Å². The predicted octanol–water partition coefficient (Wildman–Crippen LogP) is 4.08. The van der Waals surface area contributed by atoms with E-state index < -0.39 is 5.97 Å². The molecule has 0 aromatic heterocycles. The average molecular weight is 308 g/mol. The number of nitrogens with two attached hydrogens (primary N) is 1. The average Bonchev–Trinajstić information content (AvgIpc) is 2.49. The molecule has 3 nitrogen and oxygen atoms in total. The standard InChI is InChI=1S/C16H15ClFNO2/c1-3-11-14(9-4-6-10(18)7-5-9)13(17)8-12(15(11)19)16(20)21-2/h4-8H,3,19H2,1-2H3.